The van der Waals surface area contributed by atoms with Gasteiger partial charge in [-0.05, 0) is 36.3 Å². The van der Waals surface area contributed by atoms with Crippen LogP contribution in [0.15, 0.2) is 67.3 Å². The summed E-state index contributed by atoms with van der Waals surface area (Å²) in [5.41, 5.74) is 3.50. The maximum atomic E-state index is 6.35. The molecule has 2 rings (SSSR count). The van der Waals surface area contributed by atoms with Crippen LogP contribution < -0.4 is 0 Å². The van der Waals surface area contributed by atoms with Crippen molar-refractivity contribution < 1.29 is 4.43 Å². The van der Waals surface area contributed by atoms with Gasteiger partial charge in [0.25, 0.3) is 0 Å². The minimum absolute atomic E-state index is 0.00858. The van der Waals surface area contributed by atoms with Crippen LogP contribution in [0.1, 0.15) is 22.8 Å². The van der Waals surface area contributed by atoms with Crippen molar-refractivity contribution >= 4 is 20.5 Å². The van der Waals surface area contributed by atoms with E-state index >= 15 is 0 Å². The highest BCUT2D eigenvalue weighted by Gasteiger charge is 2.20. The van der Waals surface area contributed by atoms with Crippen molar-refractivity contribution in [2.24, 2.45) is 0 Å². The first-order valence-electron chi connectivity index (χ1n) is 7.61. The van der Waals surface area contributed by atoms with Crippen molar-refractivity contribution in [2.45, 2.75) is 25.7 Å². The Hall–Kier alpha value is -1.90. The molecule has 0 aliphatic carbocycles. The molecule has 2 aromatic rings. The first kappa shape index (κ1) is 16.5. The fourth-order valence-electron chi connectivity index (χ4n) is 2.18. The van der Waals surface area contributed by atoms with Crippen molar-refractivity contribution in [1.82, 2.24) is 0 Å². The summed E-state index contributed by atoms with van der Waals surface area (Å²) in [6, 6.07) is 18.7. The summed E-state index contributed by atoms with van der Waals surface area (Å²) in [5.74, 6) is 0. The van der Waals surface area contributed by atoms with Gasteiger partial charge in [0.15, 0.2) is 8.32 Å². The van der Waals surface area contributed by atoms with Crippen molar-refractivity contribution in [1.29, 1.82) is 0 Å². The highest BCUT2D eigenvalue weighted by molar-refractivity contribution is 6.69. The third-order valence-electron chi connectivity index (χ3n) is 3.24. The van der Waals surface area contributed by atoms with E-state index in [1.807, 2.05) is 24.3 Å². The summed E-state index contributed by atoms with van der Waals surface area (Å²) >= 11 is 0. The van der Waals surface area contributed by atoms with Gasteiger partial charge in [-0.3, -0.25) is 0 Å². The first-order valence-corrected chi connectivity index (χ1v) is 11.0. The van der Waals surface area contributed by atoms with Gasteiger partial charge in [-0.2, -0.15) is 0 Å². The molecule has 114 valence electrons. The zero-order valence-electron chi connectivity index (χ0n) is 13.6. The van der Waals surface area contributed by atoms with Crippen LogP contribution in [0.4, 0.5) is 0 Å². The minimum Gasteiger partial charge on any atom is -0.407 e. The zero-order chi connectivity index (χ0) is 16.0. The molecule has 0 radical (unpaired) electrons. The van der Waals surface area contributed by atoms with Gasteiger partial charge < -0.3 is 4.43 Å². The Balaban J connectivity index is 2.25. The predicted molar refractivity (Wildman–Crippen MR) is 99.2 cm³/mol. The van der Waals surface area contributed by atoms with Crippen LogP contribution in [0, 0.1) is 0 Å². The van der Waals surface area contributed by atoms with Crippen LogP contribution >= 0.6 is 0 Å². The molecule has 0 saturated heterocycles. The third-order valence-corrected chi connectivity index (χ3v) is 4.21. The van der Waals surface area contributed by atoms with Crippen molar-refractivity contribution in [3.63, 3.8) is 0 Å². The van der Waals surface area contributed by atoms with Gasteiger partial charge in [-0.15, -0.1) is 0 Å². The molecule has 0 aliphatic heterocycles. The lowest BCUT2D eigenvalue weighted by Crippen LogP contribution is -2.27. The fraction of sp³-hybridized carbons (Fsp3) is 0.200. The van der Waals surface area contributed by atoms with E-state index in [0.29, 0.717) is 0 Å². The SMILES string of the molecule is C=Cc1ccc(C(/C=C\c2ccccc2)O[Si](C)(C)C)cc1. The van der Waals surface area contributed by atoms with Crippen LogP contribution in [0.2, 0.25) is 19.6 Å². The van der Waals surface area contributed by atoms with E-state index in [1.165, 1.54) is 11.1 Å². The quantitative estimate of drug-likeness (QED) is 0.600. The minimum atomic E-state index is -1.63. The Morgan fingerprint density at radius 2 is 1.55 bits per heavy atom. The Morgan fingerprint density at radius 3 is 2.09 bits per heavy atom. The number of rotatable bonds is 6. The Morgan fingerprint density at radius 1 is 0.909 bits per heavy atom. The topological polar surface area (TPSA) is 9.23 Å². The van der Waals surface area contributed by atoms with E-state index < -0.39 is 8.32 Å². The zero-order valence-corrected chi connectivity index (χ0v) is 14.6. The molecule has 1 atom stereocenters. The van der Waals surface area contributed by atoms with Crippen LogP contribution in [-0.4, -0.2) is 8.32 Å². The van der Waals surface area contributed by atoms with Crippen LogP contribution in [-0.2, 0) is 4.43 Å². The average molecular weight is 308 g/mol. The van der Waals surface area contributed by atoms with Crippen LogP contribution in [0.3, 0.4) is 0 Å². The molecule has 0 aliphatic rings. The molecule has 22 heavy (non-hydrogen) atoms. The second-order valence-electron chi connectivity index (χ2n) is 6.29. The summed E-state index contributed by atoms with van der Waals surface area (Å²) < 4.78 is 6.35. The van der Waals surface area contributed by atoms with E-state index in [0.717, 1.165) is 5.56 Å². The summed E-state index contributed by atoms with van der Waals surface area (Å²) in [6.07, 6.45) is 6.13. The van der Waals surface area contributed by atoms with Crippen molar-refractivity contribution in [2.75, 3.05) is 0 Å². The third kappa shape index (κ3) is 5.13. The molecule has 2 aromatic carbocycles. The van der Waals surface area contributed by atoms with E-state index in [2.05, 4.69) is 74.8 Å². The second kappa shape index (κ2) is 7.39. The normalized spacial score (nSPS) is 13.2. The molecule has 1 unspecified atom stereocenters. The Labute approximate surface area is 135 Å². The molecule has 0 fully saturated rings. The molecular formula is C20H24OSi. The maximum absolute atomic E-state index is 6.35. The smallest absolute Gasteiger partial charge is 0.185 e. The molecule has 0 bridgehead atoms. The van der Waals surface area contributed by atoms with E-state index in [-0.39, 0.29) is 6.10 Å². The van der Waals surface area contributed by atoms with Gasteiger partial charge >= 0.3 is 0 Å². The standard InChI is InChI=1S/C20H24OSi/c1-5-17-11-14-19(15-12-17)20(21-22(2,3)4)16-13-18-9-7-6-8-10-18/h5-16,20H,1H2,2-4H3/b16-13-. The molecule has 0 spiro atoms. The van der Waals surface area contributed by atoms with Crippen LogP contribution in [0.25, 0.3) is 12.2 Å². The van der Waals surface area contributed by atoms with E-state index in [1.54, 1.807) is 0 Å². The molecular weight excluding hydrogens is 284 g/mol. The predicted octanol–water partition coefficient (Wildman–Crippen LogP) is 5.94. The van der Waals surface area contributed by atoms with Gasteiger partial charge in [-0.25, -0.2) is 0 Å². The lowest BCUT2D eigenvalue weighted by atomic mass is 10.1. The highest BCUT2D eigenvalue weighted by Crippen LogP contribution is 2.25. The molecule has 0 heterocycles. The lowest BCUT2D eigenvalue weighted by molar-refractivity contribution is 0.249. The largest absolute Gasteiger partial charge is 0.407 e. The van der Waals surface area contributed by atoms with Gasteiger partial charge in [-0.1, -0.05) is 79.4 Å². The Bertz CT molecular complexity index is 621. The fourth-order valence-corrected chi connectivity index (χ4v) is 3.16. The van der Waals surface area contributed by atoms with Gasteiger partial charge in [0.05, 0.1) is 6.10 Å². The molecule has 1 nitrogen and oxygen atoms in total. The van der Waals surface area contributed by atoms with Gasteiger partial charge in [0.1, 0.15) is 0 Å². The molecule has 0 N–H and O–H groups in total. The van der Waals surface area contributed by atoms with Gasteiger partial charge in [0, 0.05) is 0 Å². The summed E-state index contributed by atoms with van der Waals surface area (Å²) in [5, 5.41) is 0. The average Bonchev–Trinajstić information content (AvgIpc) is 2.51. The monoisotopic (exact) mass is 308 g/mol. The molecule has 0 saturated carbocycles. The number of hydrogen-bond donors (Lipinski definition) is 0. The molecule has 2 heteroatoms. The highest BCUT2D eigenvalue weighted by atomic mass is 28.4. The van der Waals surface area contributed by atoms with Crippen molar-refractivity contribution in [3.8, 4) is 0 Å². The van der Waals surface area contributed by atoms with Crippen LogP contribution in [0.5, 0.6) is 0 Å². The Kier molecular flexibility index (Phi) is 5.53. The van der Waals surface area contributed by atoms with Crippen molar-refractivity contribution in [3.05, 3.63) is 83.9 Å². The lowest BCUT2D eigenvalue weighted by Gasteiger charge is -2.24. The number of benzene rings is 2. The maximum Gasteiger partial charge on any atom is 0.185 e. The summed E-state index contributed by atoms with van der Waals surface area (Å²) in [6.45, 7) is 10.5. The first-order chi connectivity index (χ1) is 10.5. The molecule has 0 amide bonds. The van der Waals surface area contributed by atoms with E-state index in [9.17, 15) is 0 Å². The number of hydrogen-bond acceptors (Lipinski definition) is 1. The van der Waals surface area contributed by atoms with E-state index in [4.69, 9.17) is 4.43 Å². The summed E-state index contributed by atoms with van der Waals surface area (Å²) in [7, 11) is -1.63. The molecule has 0 aromatic heterocycles. The summed E-state index contributed by atoms with van der Waals surface area (Å²) in [4.78, 5) is 0. The second-order valence-corrected chi connectivity index (χ2v) is 10.8. The van der Waals surface area contributed by atoms with Gasteiger partial charge in [0.2, 0.25) is 0 Å².